The van der Waals surface area contributed by atoms with E-state index in [-0.39, 0.29) is 30.2 Å². The Morgan fingerprint density at radius 3 is 2.54 bits per heavy atom. The van der Waals surface area contributed by atoms with E-state index in [1.807, 2.05) is 18.2 Å². The van der Waals surface area contributed by atoms with Gasteiger partial charge in [0.15, 0.2) is 0 Å². The van der Waals surface area contributed by atoms with Gasteiger partial charge >= 0.3 is 5.97 Å². The van der Waals surface area contributed by atoms with Crippen LogP contribution >= 0.6 is 11.6 Å². The number of hydrogen-bond acceptors (Lipinski definition) is 4. The summed E-state index contributed by atoms with van der Waals surface area (Å²) in [5.41, 5.74) is 0.438. The summed E-state index contributed by atoms with van der Waals surface area (Å²) < 4.78 is 11.8. The Morgan fingerprint density at radius 1 is 1.21 bits per heavy atom. The summed E-state index contributed by atoms with van der Waals surface area (Å²) in [5.74, 6) is 0.641. The zero-order valence-electron chi connectivity index (χ0n) is 17.0. The van der Waals surface area contributed by atoms with Crippen molar-refractivity contribution in [2.24, 2.45) is 5.92 Å². The fourth-order valence-electron chi connectivity index (χ4n) is 4.67. The number of esters is 1. The minimum absolute atomic E-state index is 0.00935. The van der Waals surface area contributed by atoms with Crippen molar-refractivity contribution in [3.05, 3.63) is 28.8 Å². The van der Waals surface area contributed by atoms with Crippen molar-refractivity contribution < 1.29 is 19.1 Å². The molecule has 1 atom stereocenters. The first-order chi connectivity index (χ1) is 13.5. The Labute approximate surface area is 172 Å². The number of hydrogen-bond donors (Lipinski definition) is 0. The highest BCUT2D eigenvalue weighted by Crippen LogP contribution is 2.44. The number of cyclic esters (lactones) is 1. The van der Waals surface area contributed by atoms with E-state index in [0.717, 1.165) is 50.5 Å². The van der Waals surface area contributed by atoms with Crippen molar-refractivity contribution in [1.29, 1.82) is 0 Å². The predicted octanol–water partition coefficient (Wildman–Crippen LogP) is 5.68. The molecule has 28 heavy (non-hydrogen) atoms. The van der Waals surface area contributed by atoms with E-state index in [1.165, 1.54) is 0 Å². The number of benzene rings is 1. The molecule has 1 aromatic rings. The molecule has 0 spiro atoms. The Balaban J connectivity index is 1.72. The summed E-state index contributed by atoms with van der Waals surface area (Å²) in [6, 6.07) is 5.89. The summed E-state index contributed by atoms with van der Waals surface area (Å²) >= 11 is 6.45. The maximum atomic E-state index is 12.2. The summed E-state index contributed by atoms with van der Waals surface area (Å²) in [5, 5.41) is 0.607. The van der Waals surface area contributed by atoms with Crippen LogP contribution in [-0.4, -0.2) is 23.5 Å². The van der Waals surface area contributed by atoms with Crippen molar-refractivity contribution >= 4 is 23.4 Å². The minimum atomic E-state index is -0.639. The van der Waals surface area contributed by atoms with Gasteiger partial charge in [0.25, 0.3) is 0 Å². The maximum absolute atomic E-state index is 12.2. The van der Waals surface area contributed by atoms with Crippen LogP contribution in [0.1, 0.15) is 77.2 Å². The lowest BCUT2D eigenvalue weighted by Crippen LogP contribution is -2.48. The van der Waals surface area contributed by atoms with Crippen LogP contribution in [0.25, 0.3) is 0 Å². The molecule has 2 fully saturated rings. The molecule has 0 amide bonds. The van der Waals surface area contributed by atoms with Crippen molar-refractivity contribution in [1.82, 2.24) is 0 Å². The molecule has 1 unspecified atom stereocenters. The van der Waals surface area contributed by atoms with E-state index in [2.05, 4.69) is 13.8 Å². The SMILES string of the molecule is CCC(CC)Oc1ccc(CCC2(C3CCCC3)CC(=O)CC(=O)O2)cc1Cl. The molecule has 0 bridgehead atoms. The van der Waals surface area contributed by atoms with E-state index >= 15 is 0 Å². The van der Waals surface area contributed by atoms with Gasteiger partial charge in [0, 0.05) is 6.42 Å². The Morgan fingerprint density at radius 2 is 1.93 bits per heavy atom. The van der Waals surface area contributed by atoms with E-state index in [9.17, 15) is 9.59 Å². The Bertz CT molecular complexity index is 689. The molecule has 3 rings (SSSR count). The average Bonchev–Trinajstić information content (AvgIpc) is 3.20. The van der Waals surface area contributed by atoms with Gasteiger partial charge < -0.3 is 9.47 Å². The van der Waals surface area contributed by atoms with E-state index in [1.54, 1.807) is 0 Å². The summed E-state index contributed by atoms with van der Waals surface area (Å²) in [6.07, 6.45) is 8.07. The van der Waals surface area contributed by atoms with Gasteiger partial charge in [-0.05, 0) is 62.1 Å². The molecule has 1 saturated carbocycles. The van der Waals surface area contributed by atoms with Crippen LogP contribution in [0, 0.1) is 5.92 Å². The van der Waals surface area contributed by atoms with Gasteiger partial charge in [-0.25, -0.2) is 0 Å². The number of ketones is 1. The smallest absolute Gasteiger partial charge is 0.313 e. The molecule has 2 aliphatic rings. The number of halogens is 1. The van der Waals surface area contributed by atoms with Crippen molar-refractivity contribution in [2.75, 3.05) is 0 Å². The first kappa shape index (κ1) is 21.2. The lowest BCUT2D eigenvalue weighted by Gasteiger charge is -2.41. The molecule has 0 radical (unpaired) electrons. The van der Waals surface area contributed by atoms with Gasteiger partial charge in [-0.2, -0.15) is 0 Å². The fraction of sp³-hybridized carbons (Fsp3) is 0.652. The van der Waals surface area contributed by atoms with Gasteiger partial charge in [-0.1, -0.05) is 44.4 Å². The zero-order chi connectivity index (χ0) is 20.1. The lowest BCUT2D eigenvalue weighted by molar-refractivity contribution is -0.178. The van der Waals surface area contributed by atoms with Gasteiger partial charge in [0.1, 0.15) is 23.6 Å². The third-order valence-electron chi connectivity index (χ3n) is 6.29. The van der Waals surface area contributed by atoms with Crippen LogP contribution in [0.2, 0.25) is 5.02 Å². The number of carbonyl (C=O) groups excluding carboxylic acids is 2. The number of Topliss-reactive ketones (excluding diaryl/α,β-unsaturated/α-hetero) is 1. The van der Waals surface area contributed by atoms with Crippen LogP contribution in [0.15, 0.2) is 18.2 Å². The summed E-state index contributed by atoms with van der Waals surface area (Å²) in [7, 11) is 0. The molecule has 1 aromatic carbocycles. The monoisotopic (exact) mass is 406 g/mol. The molecule has 1 aliphatic heterocycles. The van der Waals surface area contributed by atoms with Crippen LogP contribution < -0.4 is 4.74 Å². The summed E-state index contributed by atoms with van der Waals surface area (Å²) in [6.45, 7) is 4.21. The van der Waals surface area contributed by atoms with Crippen LogP contribution in [0.5, 0.6) is 5.75 Å². The molecule has 5 heteroatoms. The molecular formula is C23H31ClO4. The van der Waals surface area contributed by atoms with Crippen molar-refractivity contribution in [3.8, 4) is 5.75 Å². The highest BCUT2D eigenvalue weighted by molar-refractivity contribution is 6.32. The topological polar surface area (TPSA) is 52.6 Å². The molecule has 0 aromatic heterocycles. The lowest BCUT2D eigenvalue weighted by atomic mass is 9.76. The zero-order valence-corrected chi connectivity index (χ0v) is 17.7. The second-order valence-corrected chi connectivity index (χ2v) is 8.64. The van der Waals surface area contributed by atoms with Gasteiger partial charge in [0.05, 0.1) is 11.1 Å². The third-order valence-corrected chi connectivity index (χ3v) is 6.59. The second-order valence-electron chi connectivity index (χ2n) is 8.23. The number of carbonyl (C=O) groups is 2. The molecular weight excluding hydrogens is 376 g/mol. The van der Waals surface area contributed by atoms with Crippen LogP contribution in [0.4, 0.5) is 0 Å². The highest BCUT2D eigenvalue weighted by atomic mass is 35.5. The first-order valence-corrected chi connectivity index (χ1v) is 11.0. The molecule has 1 heterocycles. The molecule has 1 saturated heterocycles. The number of aryl methyl sites for hydroxylation is 1. The fourth-order valence-corrected chi connectivity index (χ4v) is 4.91. The van der Waals surface area contributed by atoms with E-state index in [0.29, 0.717) is 23.6 Å². The second kappa shape index (κ2) is 9.30. The Kier molecular flexibility index (Phi) is 7.03. The number of ether oxygens (including phenoxy) is 2. The van der Waals surface area contributed by atoms with Crippen molar-refractivity contribution in [3.63, 3.8) is 0 Å². The molecule has 0 N–H and O–H groups in total. The third kappa shape index (κ3) is 4.89. The highest BCUT2D eigenvalue weighted by Gasteiger charge is 2.47. The van der Waals surface area contributed by atoms with Crippen molar-refractivity contribution in [2.45, 2.75) is 89.8 Å². The summed E-state index contributed by atoms with van der Waals surface area (Å²) in [4.78, 5) is 24.2. The normalized spacial score (nSPS) is 23.3. The van der Waals surface area contributed by atoms with Gasteiger partial charge in [-0.3, -0.25) is 9.59 Å². The largest absolute Gasteiger partial charge is 0.489 e. The van der Waals surface area contributed by atoms with Crippen LogP contribution in [0.3, 0.4) is 0 Å². The average molecular weight is 407 g/mol. The predicted molar refractivity (Wildman–Crippen MR) is 110 cm³/mol. The van der Waals surface area contributed by atoms with Gasteiger partial charge in [0.2, 0.25) is 0 Å². The first-order valence-electron chi connectivity index (χ1n) is 10.6. The number of rotatable bonds is 8. The standard InChI is InChI=1S/C23H31ClO4/c1-3-19(4-2)27-21-10-9-16(13-20(21)24)11-12-23(17-7-5-6-8-17)15-18(25)14-22(26)28-23/h9-10,13,17,19H,3-8,11-12,14-15H2,1-2H3. The quantitative estimate of drug-likeness (QED) is 0.412. The van der Waals surface area contributed by atoms with Crippen LogP contribution in [-0.2, 0) is 20.7 Å². The molecule has 154 valence electrons. The van der Waals surface area contributed by atoms with Gasteiger partial charge in [-0.15, -0.1) is 0 Å². The molecule has 4 nitrogen and oxygen atoms in total. The minimum Gasteiger partial charge on any atom is -0.489 e. The maximum Gasteiger partial charge on any atom is 0.313 e. The Hall–Kier alpha value is -1.55. The van der Waals surface area contributed by atoms with E-state index < -0.39 is 5.60 Å². The molecule has 1 aliphatic carbocycles. The van der Waals surface area contributed by atoms with E-state index in [4.69, 9.17) is 21.1 Å².